The third-order valence-corrected chi connectivity index (χ3v) is 3.43. The van der Waals surface area contributed by atoms with Crippen LogP contribution in [-0.4, -0.2) is 17.4 Å². The Labute approximate surface area is 131 Å². The Hall–Kier alpha value is -2.62. The fourth-order valence-corrected chi connectivity index (χ4v) is 2.20. The molecule has 2 N–H and O–H groups in total. The lowest BCUT2D eigenvalue weighted by Crippen LogP contribution is -2.15. The Kier molecular flexibility index (Phi) is 5.31. The van der Waals surface area contributed by atoms with Crippen LogP contribution >= 0.6 is 0 Å². The molecule has 0 saturated heterocycles. The van der Waals surface area contributed by atoms with Gasteiger partial charge in [0.25, 0.3) is 5.91 Å². The molecule has 0 aliphatic heterocycles. The summed E-state index contributed by atoms with van der Waals surface area (Å²) in [6, 6.07) is 9.57. The third-order valence-electron chi connectivity index (χ3n) is 3.43. The van der Waals surface area contributed by atoms with Crippen molar-refractivity contribution in [3.8, 4) is 0 Å². The molecule has 1 aromatic carbocycles. The zero-order chi connectivity index (χ0) is 15.9. The van der Waals surface area contributed by atoms with E-state index in [2.05, 4.69) is 29.1 Å². The van der Waals surface area contributed by atoms with E-state index in [-0.39, 0.29) is 5.91 Å². The quantitative estimate of drug-likeness (QED) is 0.797. The lowest BCUT2D eigenvalue weighted by molar-refractivity contribution is 0.102. The molecule has 0 saturated carbocycles. The lowest BCUT2D eigenvalue weighted by Gasteiger charge is -2.12. The summed E-state index contributed by atoms with van der Waals surface area (Å²) in [7, 11) is 0. The number of pyridine rings is 1. The van der Waals surface area contributed by atoms with Crippen molar-refractivity contribution in [3.05, 3.63) is 66.0 Å². The Morgan fingerprint density at radius 3 is 2.77 bits per heavy atom. The van der Waals surface area contributed by atoms with E-state index in [1.54, 1.807) is 18.3 Å². The van der Waals surface area contributed by atoms with Crippen LogP contribution < -0.4 is 10.6 Å². The van der Waals surface area contributed by atoms with Crippen LogP contribution in [0.25, 0.3) is 0 Å². The lowest BCUT2D eigenvalue weighted by atomic mass is 10.1. The van der Waals surface area contributed by atoms with E-state index < -0.39 is 0 Å². The highest BCUT2D eigenvalue weighted by Crippen LogP contribution is 2.21. The van der Waals surface area contributed by atoms with Crippen LogP contribution in [0.4, 0.5) is 11.4 Å². The molecule has 1 heterocycles. The van der Waals surface area contributed by atoms with Crippen LogP contribution in [0.1, 0.15) is 28.5 Å². The molecule has 4 heteroatoms. The molecule has 0 atom stereocenters. The molecule has 0 bridgehead atoms. The van der Waals surface area contributed by atoms with Crippen LogP contribution in [0, 0.1) is 6.92 Å². The van der Waals surface area contributed by atoms with Gasteiger partial charge in [-0.3, -0.25) is 4.79 Å². The molecule has 114 valence electrons. The Morgan fingerprint density at radius 2 is 2.14 bits per heavy atom. The molecule has 1 aromatic heterocycles. The van der Waals surface area contributed by atoms with Crippen molar-refractivity contribution >= 4 is 17.3 Å². The van der Waals surface area contributed by atoms with Gasteiger partial charge in [-0.1, -0.05) is 31.2 Å². The minimum Gasteiger partial charge on any atom is -0.380 e. The second-order valence-corrected chi connectivity index (χ2v) is 5.02. The summed E-state index contributed by atoms with van der Waals surface area (Å²) in [5, 5.41) is 6.10. The van der Waals surface area contributed by atoms with Crippen molar-refractivity contribution < 1.29 is 4.79 Å². The third kappa shape index (κ3) is 3.73. The number of anilines is 2. The van der Waals surface area contributed by atoms with Gasteiger partial charge in [0.2, 0.25) is 0 Å². The molecule has 0 aliphatic carbocycles. The first-order valence-corrected chi connectivity index (χ1v) is 7.36. The number of aromatic nitrogens is 1. The fourth-order valence-electron chi connectivity index (χ4n) is 2.20. The van der Waals surface area contributed by atoms with Crippen molar-refractivity contribution in [2.75, 3.05) is 17.2 Å². The molecule has 4 nitrogen and oxygen atoms in total. The molecule has 0 radical (unpaired) electrons. The van der Waals surface area contributed by atoms with Crippen LogP contribution in [0.3, 0.4) is 0 Å². The number of para-hydroxylation sites is 1. The van der Waals surface area contributed by atoms with Crippen molar-refractivity contribution in [1.82, 2.24) is 4.98 Å². The van der Waals surface area contributed by atoms with E-state index in [0.29, 0.717) is 12.2 Å². The van der Waals surface area contributed by atoms with Gasteiger partial charge in [0, 0.05) is 12.2 Å². The molecule has 0 unspecified atom stereocenters. The van der Waals surface area contributed by atoms with E-state index in [1.807, 2.05) is 31.2 Å². The molecule has 2 aromatic rings. The molecule has 1 amide bonds. The second-order valence-electron chi connectivity index (χ2n) is 5.02. The first-order chi connectivity index (χ1) is 10.7. The topological polar surface area (TPSA) is 54.0 Å². The molecule has 0 fully saturated rings. The predicted octanol–water partition coefficient (Wildman–Crippen LogP) is 3.80. The number of nitrogens with zero attached hydrogens (tertiary/aromatic N) is 1. The van der Waals surface area contributed by atoms with Crippen molar-refractivity contribution in [1.29, 1.82) is 0 Å². The second kappa shape index (κ2) is 7.41. The maximum Gasteiger partial charge on any atom is 0.274 e. The number of aryl methyl sites for hydroxylation is 2. The van der Waals surface area contributed by atoms with E-state index in [1.165, 1.54) is 0 Å². The number of carbonyl (C=O) groups is 1. The van der Waals surface area contributed by atoms with Gasteiger partial charge in [-0.15, -0.1) is 6.58 Å². The van der Waals surface area contributed by atoms with Crippen LogP contribution in [-0.2, 0) is 6.42 Å². The number of benzene rings is 1. The maximum atomic E-state index is 12.3. The first kappa shape index (κ1) is 15.8. The van der Waals surface area contributed by atoms with Gasteiger partial charge in [-0.25, -0.2) is 4.98 Å². The van der Waals surface area contributed by atoms with Crippen LogP contribution in [0.5, 0.6) is 0 Å². The fraction of sp³-hybridized carbons (Fsp3) is 0.222. The minimum atomic E-state index is -0.195. The summed E-state index contributed by atoms with van der Waals surface area (Å²) in [5.41, 5.74) is 4.32. The van der Waals surface area contributed by atoms with Gasteiger partial charge in [-0.2, -0.15) is 0 Å². The highest BCUT2D eigenvalue weighted by molar-refractivity contribution is 6.03. The van der Waals surface area contributed by atoms with Crippen LogP contribution in [0.15, 0.2) is 49.2 Å². The molecule has 0 spiro atoms. The minimum absolute atomic E-state index is 0.195. The summed E-state index contributed by atoms with van der Waals surface area (Å²) in [5.74, 6) is -0.195. The van der Waals surface area contributed by atoms with Crippen LogP contribution in [0.2, 0.25) is 0 Å². The van der Waals surface area contributed by atoms with Gasteiger partial charge < -0.3 is 10.6 Å². The number of carbonyl (C=O) groups excluding carboxylic acids is 1. The highest BCUT2D eigenvalue weighted by atomic mass is 16.1. The smallest absolute Gasteiger partial charge is 0.274 e. The average Bonchev–Trinajstić information content (AvgIpc) is 2.55. The number of hydrogen-bond donors (Lipinski definition) is 2. The molecule has 2 rings (SSSR count). The van der Waals surface area contributed by atoms with Crippen molar-refractivity contribution in [2.45, 2.75) is 20.3 Å². The number of amides is 1. The Balaban J connectivity index is 2.14. The van der Waals surface area contributed by atoms with Gasteiger partial charge >= 0.3 is 0 Å². The highest BCUT2D eigenvalue weighted by Gasteiger charge is 2.11. The SMILES string of the molecule is C=CCNc1ccc(C(=O)Nc2c(C)cccc2CC)nc1. The summed E-state index contributed by atoms with van der Waals surface area (Å²) in [6.45, 7) is 8.37. The van der Waals surface area contributed by atoms with E-state index >= 15 is 0 Å². The van der Waals surface area contributed by atoms with E-state index in [9.17, 15) is 4.79 Å². The summed E-state index contributed by atoms with van der Waals surface area (Å²) < 4.78 is 0. The number of nitrogens with one attached hydrogen (secondary N) is 2. The molecule has 22 heavy (non-hydrogen) atoms. The first-order valence-electron chi connectivity index (χ1n) is 7.36. The van der Waals surface area contributed by atoms with Gasteiger partial charge in [0.05, 0.1) is 11.9 Å². The molecular formula is C18H21N3O. The number of rotatable bonds is 6. The van der Waals surface area contributed by atoms with Crippen molar-refractivity contribution in [2.24, 2.45) is 0 Å². The summed E-state index contributed by atoms with van der Waals surface area (Å²) in [4.78, 5) is 16.6. The van der Waals surface area contributed by atoms with Crippen molar-refractivity contribution in [3.63, 3.8) is 0 Å². The zero-order valence-corrected chi connectivity index (χ0v) is 13.0. The normalized spacial score (nSPS) is 10.1. The summed E-state index contributed by atoms with van der Waals surface area (Å²) in [6.07, 6.45) is 4.29. The zero-order valence-electron chi connectivity index (χ0n) is 13.0. The average molecular weight is 295 g/mol. The Bertz CT molecular complexity index is 663. The Morgan fingerprint density at radius 1 is 1.32 bits per heavy atom. The molecular weight excluding hydrogens is 274 g/mol. The monoisotopic (exact) mass is 295 g/mol. The molecule has 0 aliphatic rings. The van der Waals surface area contributed by atoms with Gasteiger partial charge in [0.1, 0.15) is 5.69 Å². The van der Waals surface area contributed by atoms with Gasteiger partial charge in [-0.05, 0) is 36.6 Å². The predicted molar refractivity (Wildman–Crippen MR) is 91.4 cm³/mol. The standard InChI is InChI=1S/C18H21N3O/c1-4-11-19-15-9-10-16(20-12-15)18(22)21-17-13(3)7-6-8-14(17)5-2/h4,6-10,12,19H,1,5,11H2,2-3H3,(H,21,22). The summed E-state index contributed by atoms with van der Waals surface area (Å²) >= 11 is 0. The van der Waals surface area contributed by atoms with E-state index in [0.717, 1.165) is 28.9 Å². The van der Waals surface area contributed by atoms with Gasteiger partial charge in [0.15, 0.2) is 0 Å². The largest absolute Gasteiger partial charge is 0.380 e. The van der Waals surface area contributed by atoms with E-state index in [4.69, 9.17) is 0 Å². The maximum absolute atomic E-state index is 12.3. The number of hydrogen-bond acceptors (Lipinski definition) is 3.